The molecule has 4 nitrogen and oxygen atoms in total. The van der Waals surface area contributed by atoms with E-state index in [1.54, 1.807) is 12.5 Å². The number of imidazole rings is 1. The Morgan fingerprint density at radius 2 is 2.45 bits per heavy atom. The van der Waals surface area contributed by atoms with E-state index in [0.29, 0.717) is 19.8 Å². The minimum atomic E-state index is 0.0197. The predicted molar refractivity (Wildman–Crippen MR) is 38.0 cm³/mol. The summed E-state index contributed by atoms with van der Waals surface area (Å²) in [6, 6.07) is 0. The van der Waals surface area contributed by atoms with Crippen molar-refractivity contribution in [1.82, 2.24) is 9.55 Å². The highest BCUT2D eigenvalue weighted by Gasteiger charge is 2.14. The van der Waals surface area contributed by atoms with Gasteiger partial charge in [0.25, 0.3) is 0 Å². The topological polar surface area (TPSA) is 36.3 Å². The highest BCUT2D eigenvalue weighted by atomic mass is 16.6. The third-order valence-corrected chi connectivity index (χ3v) is 1.66. The SMILES string of the molecule is c1cn(C2COCCO2)cn1. The molecule has 2 rings (SSSR count). The zero-order valence-corrected chi connectivity index (χ0v) is 6.14. The Labute approximate surface area is 64.8 Å². The van der Waals surface area contributed by atoms with Gasteiger partial charge in [-0.05, 0) is 0 Å². The van der Waals surface area contributed by atoms with Crippen LogP contribution in [0, 0.1) is 0 Å². The molecule has 1 saturated heterocycles. The second kappa shape index (κ2) is 3.02. The van der Waals surface area contributed by atoms with E-state index in [2.05, 4.69) is 4.98 Å². The molecule has 1 unspecified atom stereocenters. The minimum absolute atomic E-state index is 0.0197. The molecule has 0 amide bonds. The van der Waals surface area contributed by atoms with Crippen molar-refractivity contribution in [2.45, 2.75) is 6.23 Å². The Kier molecular flexibility index (Phi) is 1.87. The van der Waals surface area contributed by atoms with Crippen LogP contribution in [0.1, 0.15) is 6.23 Å². The van der Waals surface area contributed by atoms with E-state index in [1.807, 2.05) is 10.8 Å². The van der Waals surface area contributed by atoms with Gasteiger partial charge in [-0.1, -0.05) is 0 Å². The van der Waals surface area contributed by atoms with Gasteiger partial charge in [-0.15, -0.1) is 0 Å². The lowest BCUT2D eigenvalue weighted by Gasteiger charge is -2.23. The number of rotatable bonds is 1. The van der Waals surface area contributed by atoms with Crippen LogP contribution in [0.4, 0.5) is 0 Å². The first kappa shape index (κ1) is 6.82. The van der Waals surface area contributed by atoms with Gasteiger partial charge in [0.2, 0.25) is 0 Å². The summed E-state index contributed by atoms with van der Waals surface area (Å²) in [5.74, 6) is 0. The molecule has 1 atom stereocenters. The molecule has 0 bridgehead atoms. The van der Waals surface area contributed by atoms with Crippen LogP contribution in [0.3, 0.4) is 0 Å². The van der Waals surface area contributed by atoms with Crippen LogP contribution in [0.5, 0.6) is 0 Å². The number of nitrogens with zero attached hydrogens (tertiary/aromatic N) is 2. The Balaban J connectivity index is 2.04. The van der Waals surface area contributed by atoms with Crippen LogP contribution in [-0.4, -0.2) is 29.4 Å². The highest BCUT2D eigenvalue weighted by molar-refractivity contribution is 4.77. The molecule has 0 radical (unpaired) electrons. The zero-order chi connectivity index (χ0) is 7.52. The summed E-state index contributed by atoms with van der Waals surface area (Å²) in [4.78, 5) is 3.92. The van der Waals surface area contributed by atoms with E-state index < -0.39 is 0 Å². The van der Waals surface area contributed by atoms with E-state index in [9.17, 15) is 0 Å². The van der Waals surface area contributed by atoms with Gasteiger partial charge >= 0.3 is 0 Å². The van der Waals surface area contributed by atoms with E-state index in [0.717, 1.165) is 0 Å². The molecule has 11 heavy (non-hydrogen) atoms. The van der Waals surface area contributed by atoms with Crippen LogP contribution >= 0.6 is 0 Å². The summed E-state index contributed by atoms with van der Waals surface area (Å²) in [6.07, 6.45) is 5.36. The van der Waals surface area contributed by atoms with E-state index in [4.69, 9.17) is 9.47 Å². The maximum atomic E-state index is 5.42. The second-order valence-corrected chi connectivity index (χ2v) is 2.41. The molecule has 1 aromatic heterocycles. The fourth-order valence-electron chi connectivity index (χ4n) is 1.09. The molecule has 0 saturated carbocycles. The van der Waals surface area contributed by atoms with Gasteiger partial charge in [0.1, 0.15) is 0 Å². The molecule has 1 aliphatic heterocycles. The van der Waals surface area contributed by atoms with Gasteiger partial charge < -0.3 is 14.0 Å². The number of aromatic nitrogens is 2. The number of hydrogen-bond acceptors (Lipinski definition) is 3. The first-order chi connectivity index (χ1) is 5.47. The smallest absolute Gasteiger partial charge is 0.158 e. The molecule has 4 heteroatoms. The van der Waals surface area contributed by atoms with Crippen molar-refractivity contribution in [2.24, 2.45) is 0 Å². The van der Waals surface area contributed by atoms with E-state index in [-0.39, 0.29) is 6.23 Å². The fourth-order valence-corrected chi connectivity index (χ4v) is 1.09. The van der Waals surface area contributed by atoms with Crippen molar-refractivity contribution in [3.05, 3.63) is 18.7 Å². The van der Waals surface area contributed by atoms with Gasteiger partial charge in [0.05, 0.1) is 26.1 Å². The molecule has 0 spiro atoms. The zero-order valence-electron chi connectivity index (χ0n) is 6.14. The minimum Gasteiger partial charge on any atom is -0.374 e. The first-order valence-corrected chi connectivity index (χ1v) is 3.63. The van der Waals surface area contributed by atoms with Crippen LogP contribution in [0.25, 0.3) is 0 Å². The lowest BCUT2D eigenvalue weighted by Crippen LogP contribution is -2.25. The highest BCUT2D eigenvalue weighted by Crippen LogP contribution is 2.11. The van der Waals surface area contributed by atoms with Crippen molar-refractivity contribution in [3.63, 3.8) is 0 Å². The Morgan fingerprint density at radius 3 is 3.09 bits per heavy atom. The quantitative estimate of drug-likeness (QED) is 0.588. The van der Waals surface area contributed by atoms with Crippen molar-refractivity contribution < 1.29 is 9.47 Å². The molecule has 0 aromatic carbocycles. The van der Waals surface area contributed by atoms with E-state index >= 15 is 0 Å². The fraction of sp³-hybridized carbons (Fsp3) is 0.571. The van der Waals surface area contributed by atoms with Crippen molar-refractivity contribution >= 4 is 0 Å². The van der Waals surface area contributed by atoms with Gasteiger partial charge in [0.15, 0.2) is 6.23 Å². The van der Waals surface area contributed by atoms with Gasteiger partial charge in [-0.2, -0.15) is 0 Å². The standard InChI is InChI=1S/C7H10N2O2/c1-2-9(6-8-1)7-5-10-3-4-11-7/h1-2,6-7H,3-5H2. The van der Waals surface area contributed by atoms with Crippen LogP contribution in [0.2, 0.25) is 0 Å². The summed E-state index contributed by atoms with van der Waals surface area (Å²) >= 11 is 0. The summed E-state index contributed by atoms with van der Waals surface area (Å²) in [7, 11) is 0. The molecule has 0 aliphatic carbocycles. The molecule has 1 aromatic rings. The summed E-state index contributed by atoms with van der Waals surface area (Å²) in [6.45, 7) is 1.99. The third-order valence-electron chi connectivity index (χ3n) is 1.66. The second-order valence-electron chi connectivity index (χ2n) is 2.41. The molecule has 1 fully saturated rings. The lowest BCUT2D eigenvalue weighted by molar-refractivity contribution is -0.122. The lowest BCUT2D eigenvalue weighted by atomic mass is 10.5. The molecule has 2 heterocycles. The predicted octanol–water partition coefficient (Wildman–Crippen LogP) is 0.428. The largest absolute Gasteiger partial charge is 0.374 e. The molecular formula is C7H10N2O2. The molecule has 1 aliphatic rings. The average molecular weight is 154 g/mol. The van der Waals surface area contributed by atoms with Crippen LogP contribution in [-0.2, 0) is 9.47 Å². The van der Waals surface area contributed by atoms with Crippen LogP contribution in [0.15, 0.2) is 18.7 Å². The summed E-state index contributed by atoms with van der Waals surface area (Å²) in [5, 5.41) is 0. The molecular weight excluding hydrogens is 144 g/mol. The van der Waals surface area contributed by atoms with Crippen LogP contribution < -0.4 is 0 Å². The maximum Gasteiger partial charge on any atom is 0.158 e. The maximum absolute atomic E-state index is 5.42. The average Bonchev–Trinajstić information content (AvgIpc) is 2.58. The van der Waals surface area contributed by atoms with Crippen molar-refractivity contribution in [1.29, 1.82) is 0 Å². The Morgan fingerprint density at radius 1 is 1.45 bits per heavy atom. The van der Waals surface area contributed by atoms with Crippen molar-refractivity contribution in [3.8, 4) is 0 Å². The molecule has 60 valence electrons. The van der Waals surface area contributed by atoms with Gasteiger partial charge in [-0.25, -0.2) is 4.98 Å². The normalized spacial score (nSPS) is 25.3. The monoisotopic (exact) mass is 154 g/mol. The third kappa shape index (κ3) is 1.41. The number of hydrogen-bond donors (Lipinski definition) is 0. The van der Waals surface area contributed by atoms with E-state index in [1.165, 1.54) is 0 Å². The summed E-state index contributed by atoms with van der Waals surface area (Å²) < 4.78 is 12.6. The van der Waals surface area contributed by atoms with Gasteiger partial charge in [-0.3, -0.25) is 0 Å². The van der Waals surface area contributed by atoms with Crippen molar-refractivity contribution in [2.75, 3.05) is 19.8 Å². The summed E-state index contributed by atoms with van der Waals surface area (Å²) in [5.41, 5.74) is 0. The Bertz CT molecular complexity index is 204. The first-order valence-electron chi connectivity index (χ1n) is 3.63. The molecule has 0 N–H and O–H groups in total. The van der Waals surface area contributed by atoms with Gasteiger partial charge in [0, 0.05) is 12.4 Å². The number of ether oxygens (including phenoxy) is 2. The Hall–Kier alpha value is -0.870.